The van der Waals surface area contributed by atoms with Crippen molar-refractivity contribution < 1.29 is 9.53 Å². The van der Waals surface area contributed by atoms with Crippen LogP contribution in [-0.4, -0.2) is 22.3 Å². The number of nitrogens with one attached hydrogen (secondary N) is 1. The van der Waals surface area contributed by atoms with Crippen molar-refractivity contribution in [3.05, 3.63) is 30.0 Å². The largest absolute Gasteiger partial charge is 0.462 e. The van der Waals surface area contributed by atoms with E-state index in [1.165, 1.54) is 0 Å². The Kier molecular flexibility index (Phi) is 5.16. The molecule has 1 heterocycles. The van der Waals surface area contributed by atoms with E-state index in [-0.39, 0.29) is 5.60 Å². The van der Waals surface area contributed by atoms with Crippen molar-refractivity contribution in [2.45, 2.75) is 32.3 Å². The molecular weight excluding hydrogens is 252 g/mol. The average molecular weight is 269 g/mol. The molecule has 4 nitrogen and oxygen atoms in total. The van der Waals surface area contributed by atoms with E-state index in [4.69, 9.17) is 11.6 Å². The summed E-state index contributed by atoms with van der Waals surface area (Å²) in [5.41, 5.74) is 1.85. The van der Waals surface area contributed by atoms with Crippen molar-refractivity contribution in [1.82, 2.24) is 10.2 Å². The number of rotatable bonds is 2. The number of halogens is 1. The van der Waals surface area contributed by atoms with Gasteiger partial charge >= 0.3 is 0 Å². The molecule has 0 aliphatic heterocycles. The van der Waals surface area contributed by atoms with Crippen LogP contribution < -0.4 is 0 Å². The molecule has 0 spiro atoms. The van der Waals surface area contributed by atoms with E-state index in [9.17, 15) is 4.79 Å². The molecule has 18 heavy (non-hydrogen) atoms. The molecule has 0 aliphatic rings. The normalized spacial score (nSPS) is 10.7. The fraction of sp³-hybridized carbons (Fsp3) is 0.385. The highest BCUT2D eigenvalue weighted by atomic mass is 35.5. The van der Waals surface area contributed by atoms with Crippen LogP contribution in [0.2, 0.25) is 0 Å². The minimum Gasteiger partial charge on any atom is -0.462 e. The summed E-state index contributed by atoms with van der Waals surface area (Å²) >= 11 is 5.72. The molecule has 1 aromatic heterocycles. The van der Waals surface area contributed by atoms with Crippen LogP contribution in [0.1, 0.15) is 26.3 Å². The van der Waals surface area contributed by atoms with E-state index in [0.29, 0.717) is 12.4 Å². The van der Waals surface area contributed by atoms with Crippen molar-refractivity contribution in [1.29, 1.82) is 0 Å². The molecule has 0 saturated carbocycles. The van der Waals surface area contributed by atoms with Gasteiger partial charge in [0.25, 0.3) is 6.47 Å². The molecule has 98 valence electrons. The molecule has 0 radical (unpaired) electrons. The van der Waals surface area contributed by atoms with Crippen LogP contribution >= 0.6 is 11.6 Å². The Morgan fingerprint density at radius 3 is 2.67 bits per heavy atom. The third-order valence-electron chi connectivity index (χ3n) is 2.12. The quantitative estimate of drug-likeness (QED) is 0.672. The van der Waals surface area contributed by atoms with E-state index in [1.807, 2.05) is 39.0 Å². The third kappa shape index (κ3) is 4.37. The summed E-state index contributed by atoms with van der Waals surface area (Å²) in [6, 6.07) is 5.96. The van der Waals surface area contributed by atoms with Gasteiger partial charge in [-0.2, -0.15) is 5.10 Å². The van der Waals surface area contributed by atoms with E-state index >= 15 is 0 Å². The maximum atomic E-state index is 9.60. The Bertz CT molecular complexity index is 503. The van der Waals surface area contributed by atoms with Crippen molar-refractivity contribution in [3.8, 4) is 0 Å². The molecule has 0 amide bonds. The number of ether oxygens (including phenoxy) is 1. The summed E-state index contributed by atoms with van der Waals surface area (Å²) in [5, 5.41) is 7.93. The molecule has 0 aliphatic carbocycles. The van der Waals surface area contributed by atoms with Crippen LogP contribution in [0.15, 0.2) is 24.4 Å². The summed E-state index contributed by atoms with van der Waals surface area (Å²) in [7, 11) is 0. The van der Waals surface area contributed by atoms with Crippen LogP contribution in [0.4, 0.5) is 0 Å². The summed E-state index contributed by atoms with van der Waals surface area (Å²) in [4.78, 5) is 9.60. The number of nitrogens with zero attached hydrogens (tertiary/aromatic N) is 1. The van der Waals surface area contributed by atoms with Gasteiger partial charge in [-0.15, -0.1) is 11.6 Å². The second kappa shape index (κ2) is 6.40. The van der Waals surface area contributed by atoms with Crippen LogP contribution in [0.5, 0.6) is 0 Å². The first kappa shape index (κ1) is 14.5. The van der Waals surface area contributed by atoms with Crippen molar-refractivity contribution in [2.75, 3.05) is 0 Å². The molecule has 0 bridgehead atoms. The maximum Gasteiger partial charge on any atom is 0.293 e. The highest BCUT2D eigenvalue weighted by Gasteiger charge is 2.07. The predicted octanol–water partition coefficient (Wildman–Crippen LogP) is 3.26. The Morgan fingerprint density at radius 2 is 2.17 bits per heavy atom. The molecule has 0 fully saturated rings. The van der Waals surface area contributed by atoms with Crippen LogP contribution in [0.3, 0.4) is 0 Å². The highest BCUT2D eigenvalue weighted by molar-refractivity contribution is 6.17. The molecule has 2 rings (SSSR count). The zero-order valence-electron chi connectivity index (χ0n) is 10.7. The highest BCUT2D eigenvalue weighted by Crippen LogP contribution is 2.17. The fourth-order valence-corrected chi connectivity index (χ4v) is 1.52. The lowest BCUT2D eigenvalue weighted by molar-refractivity contribution is -0.138. The number of H-pyrrole nitrogens is 1. The number of carbonyl (C=O) groups is 1. The Morgan fingerprint density at radius 1 is 1.44 bits per heavy atom. The molecule has 5 heteroatoms. The van der Waals surface area contributed by atoms with Gasteiger partial charge in [-0.25, -0.2) is 0 Å². The van der Waals surface area contributed by atoms with Gasteiger partial charge < -0.3 is 4.74 Å². The van der Waals surface area contributed by atoms with E-state index < -0.39 is 0 Å². The van der Waals surface area contributed by atoms with Gasteiger partial charge in [-0.3, -0.25) is 9.89 Å². The Hall–Kier alpha value is -1.55. The molecule has 2 aromatic rings. The van der Waals surface area contributed by atoms with Gasteiger partial charge in [0.05, 0.1) is 11.7 Å². The SMILES string of the molecule is CC(C)(C)OC=O.ClCc1cccc2[nH]ncc12. The smallest absolute Gasteiger partial charge is 0.293 e. The number of carbonyl (C=O) groups excluding carboxylic acids is 1. The number of hydrogen-bond acceptors (Lipinski definition) is 3. The van der Waals surface area contributed by atoms with Gasteiger partial charge in [0, 0.05) is 11.3 Å². The lowest BCUT2D eigenvalue weighted by Crippen LogP contribution is -2.17. The van der Waals surface area contributed by atoms with E-state index in [1.54, 1.807) is 6.20 Å². The zero-order chi connectivity index (χ0) is 13.6. The average Bonchev–Trinajstić information content (AvgIpc) is 2.75. The second-order valence-electron chi connectivity index (χ2n) is 4.71. The molecule has 0 saturated heterocycles. The first-order chi connectivity index (χ1) is 8.48. The van der Waals surface area contributed by atoms with Gasteiger partial charge in [0.2, 0.25) is 0 Å². The first-order valence-electron chi connectivity index (χ1n) is 5.56. The van der Waals surface area contributed by atoms with Gasteiger partial charge in [0.1, 0.15) is 5.60 Å². The summed E-state index contributed by atoms with van der Waals surface area (Å²) < 4.78 is 4.55. The minimum absolute atomic E-state index is 0.318. The van der Waals surface area contributed by atoms with E-state index in [0.717, 1.165) is 16.5 Å². The fourth-order valence-electron chi connectivity index (χ4n) is 1.29. The first-order valence-corrected chi connectivity index (χ1v) is 6.10. The minimum atomic E-state index is -0.318. The maximum absolute atomic E-state index is 9.60. The molecule has 0 unspecified atom stereocenters. The van der Waals surface area contributed by atoms with Crippen molar-refractivity contribution in [2.24, 2.45) is 0 Å². The van der Waals surface area contributed by atoms with Crippen LogP contribution in [0.25, 0.3) is 10.9 Å². The summed E-state index contributed by atoms with van der Waals surface area (Å²) in [5.74, 6) is 0.539. The number of benzene rings is 1. The van der Waals surface area contributed by atoms with E-state index in [2.05, 4.69) is 14.9 Å². The summed E-state index contributed by atoms with van der Waals surface area (Å²) in [6.45, 7) is 5.92. The lowest BCUT2D eigenvalue weighted by atomic mass is 10.1. The van der Waals surface area contributed by atoms with Crippen molar-refractivity contribution in [3.63, 3.8) is 0 Å². The number of aromatic amines is 1. The molecular formula is C13H17ClN2O2. The van der Waals surface area contributed by atoms with Crippen molar-refractivity contribution >= 4 is 29.0 Å². The zero-order valence-corrected chi connectivity index (χ0v) is 11.5. The predicted molar refractivity (Wildman–Crippen MR) is 72.6 cm³/mol. The molecule has 1 N–H and O–H groups in total. The van der Waals surface area contributed by atoms with Gasteiger partial charge in [0.15, 0.2) is 0 Å². The monoisotopic (exact) mass is 268 g/mol. The number of fused-ring (bicyclic) bond motifs is 1. The topological polar surface area (TPSA) is 55.0 Å². The van der Waals surface area contributed by atoms with Crippen LogP contribution in [0, 0.1) is 0 Å². The second-order valence-corrected chi connectivity index (χ2v) is 4.98. The number of aromatic nitrogens is 2. The molecule has 0 atom stereocenters. The Labute approximate surface area is 111 Å². The van der Waals surface area contributed by atoms with Gasteiger partial charge in [-0.05, 0) is 32.4 Å². The standard InChI is InChI=1S/C8H7ClN2.C5H10O2/c9-4-6-2-1-3-8-7(6)5-10-11-8;1-5(2,3)7-4-6/h1-3,5H,4H2,(H,10,11);4H,1-3H3. The Balaban J connectivity index is 0.000000203. The molecule has 1 aromatic carbocycles. The summed E-state index contributed by atoms with van der Waals surface area (Å²) in [6.07, 6.45) is 1.80. The van der Waals surface area contributed by atoms with Gasteiger partial charge in [-0.1, -0.05) is 12.1 Å². The van der Waals surface area contributed by atoms with Crippen LogP contribution in [-0.2, 0) is 15.4 Å². The lowest BCUT2D eigenvalue weighted by Gasteiger charge is -2.14. The number of alkyl halides is 1. The third-order valence-corrected chi connectivity index (χ3v) is 2.41. The number of hydrogen-bond donors (Lipinski definition) is 1.